The summed E-state index contributed by atoms with van der Waals surface area (Å²) in [6, 6.07) is 3.44. The van der Waals surface area contributed by atoms with E-state index in [-0.39, 0.29) is 0 Å². The summed E-state index contributed by atoms with van der Waals surface area (Å²) in [7, 11) is 0. The fraction of sp³-hybridized carbons (Fsp3) is 0.273. The van der Waals surface area contributed by atoms with Gasteiger partial charge < -0.3 is 4.74 Å². The van der Waals surface area contributed by atoms with Crippen LogP contribution in [-0.2, 0) is 9.53 Å². The minimum absolute atomic E-state index is 0.322. The molecule has 0 bridgehead atoms. The first-order valence-corrected chi connectivity index (χ1v) is 6.45. The van der Waals surface area contributed by atoms with E-state index in [4.69, 9.17) is 16.3 Å². The van der Waals surface area contributed by atoms with Gasteiger partial charge in [-0.25, -0.2) is 14.8 Å². The summed E-state index contributed by atoms with van der Waals surface area (Å²) in [6.07, 6.45) is 3.36. The standard InChI is InChI=1S/C11H11BrClN3O2/c1-2-18-11(17)9-5-7-15(12)16(9)10-8(13)4-3-6-14-10/h3-6H,2,7H2,1H3. The maximum absolute atomic E-state index is 11.8. The van der Waals surface area contributed by atoms with Gasteiger partial charge in [-0.2, -0.15) is 0 Å². The van der Waals surface area contributed by atoms with Crippen molar-refractivity contribution in [2.75, 3.05) is 18.2 Å². The van der Waals surface area contributed by atoms with Gasteiger partial charge in [0.15, 0.2) is 5.82 Å². The molecular weight excluding hydrogens is 321 g/mol. The van der Waals surface area contributed by atoms with Gasteiger partial charge in [0, 0.05) is 22.3 Å². The number of hydrazine groups is 1. The Kier molecular flexibility index (Phi) is 4.21. The highest BCUT2D eigenvalue weighted by atomic mass is 79.9. The molecule has 0 amide bonds. The van der Waals surface area contributed by atoms with Crippen LogP contribution in [0.15, 0.2) is 30.1 Å². The number of anilines is 1. The highest BCUT2D eigenvalue weighted by Gasteiger charge is 2.31. The molecule has 0 fully saturated rings. The second-order valence-electron chi connectivity index (χ2n) is 3.45. The maximum atomic E-state index is 11.8. The number of rotatable bonds is 3. The number of nitrogens with zero attached hydrogens (tertiary/aromatic N) is 3. The van der Waals surface area contributed by atoms with Crippen LogP contribution >= 0.6 is 27.7 Å². The molecule has 0 spiro atoms. The molecule has 1 aliphatic heterocycles. The van der Waals surface area contributed by atoms with Crippen LogP contribution in [0.2, 0.25) is 5.02 Å². The van der Waals surface area contributed by atoms with Crippen molar-refractivity contribution < 1.29 is 9.53 Å². The van der Waals surface area contributed by atoms with Crippen molar-refractivity contribution in [3.63, 3.8) is 0 Å². The summed E-state index contributed by atoms with van der Waals surface area (Å²) in [5.74, 6) is 0.0778. The third kappa shape index (κ3) is 2.50. The molecule has 0 unspecified atom stereocenters. The molecule has 2 rings (SSSR count). The molecule has 0 radical (unpaired) electrons. The van der Waals surface area contributed by atoms with Gasteiger partial charge in [0.2, 0.25) is 0 Å². The van der Waals surface area contributed by atoms with E-state index < -0.39 is 5.97 Å². The summed E-state index contributed by atoms with van der Waals surface area (Å²) >= 11 is 9.42. The van der Waals surface area contributed by atoms with Crippen molar-refractivity contribution in [3.05, 3.63) is 35.1 Å². The summed E-state index contributed by atoms with van der Waals surface area (Å²) < 4.78 is 6.66. The zero-order chi connectivity index (χ0) is 13.1. The fourth-order valence-corrected chi connectivity index (χ4v) is 2.24. The Morgan fingerprint density at radius 2 is 2.44 bits per heavy atom. The van der Waals surface area contributed by atoms with E-state index in [1.165, 1.54) is 0 Å². The molecule has 0 aliphatic carbocycles. The van der Waals surface area contributed by atoms with Gasteiger partial charge in [-0.15, -0.1) is 4.03 Å². The zero-order valence-electron chi connectivity index (χ0n) is 9.64. The average molecular weight is 333 g/mol. The van der Waals surface area contributed by atoms with Gasteiger partial charge in [0.1, 0.15) is 5.70 Å². The molecule has 1 aliphatic rings. The first-order chi connectivity index (χ1) is 8.65. The molecule has 7 heteroatoms. The molecule has 0 saturated heterocycles. The number of hydrogen-bond donors (Lipinski definition) is 0. The Labute approximate surface area is 118 Å². The normalized spacial score (nSPS) is 15.7. The van der Waals surface area contributed by atoms with E-state index in [1.54, 1.807) is 40.4 Å². The lowest BCUT2D eigenvalue weighted by atomic mass is 10.4. The lowest BCUT2D eigenvalue weighted by Gasteiger charge is -2.25. The molecular formula is C11H11BrClN3O2. The van der Waals surface area contributed by atoms with Crippen LogP contribution in [0.1, 0.15) is 6.92 Å². The first-order valence-electron chi connectivity index (χ1n) is 5.36. The fourth-order valence-electron chi connectivity index (χ4n) is 1.57. The second kappa shape index (κ2) is 5.69. The second-order valence-corrected chi connectivity index (χ2v) is 4.68. The molecule has 2 heterocycles. The van der Waals surface area contributed by atoms with Crippen LogP contribution < -0.4 is 5.01 Å². The molecule has 0 atom stereocenters. The smallest absolute Gasteiger partial charge is 0.356 e. The highest BCUT2D eigenvalue weighted by Crippen LogP contribution is 2.32. The molecule has 1 aromatic heterocycles. The van der Waals surface area contributed by atoms with Crippen molar-refractivity contribution in [1.29, 1.82) is 0 Å². The monoisotopic (exact) mass is 331 g/mol. The SMILES string of the molecule is CCOC(=O)C1=CCN(Br)N1c1ncccc1Cl. The number of carbonyl (C=O) groups excluding carboxylic acids is 1. The number of ether oxygens (including phenoxy) is 1. The molecule has 18 heavy (non-hydrogen) atoms. The minimum Gasteiger partial charge on any atom is -0.461 e. The molecule has 5 nitrogen and oxygen atoms in total. The van der Waals surface area contributed by atoms with Gasteiger partial charge in [0.05, 0.1) is 18.2 Å². The third-order valence-electron chi connectivity index (χ3n) is 2.30. The first kappa shape index (κ1) is 13.3. The Hall–Kier alpha value is -1.11. The molecule has 1 aromatic rings. The molecule has 96 valence electrons. The Bertz CT molecular complexity index is 495. The summed E-state index contributed by atoms with van der Waals surface area (Å²) in [4.78, 5) is 16.0. The van der Waals surface area contributed by atoms with Crippen molar-refractivity contribution in [2.24, 2.45) is 0 Å². The predicted octanol–water partition coefficient (Wildman–Crippen LogP) is 2.53. The Morgan fingerprint density at radius 3 is 3.11 bits per heavy atom. The largest absolute Gasteiger partial charge is 0.461 e. The number of pyridine rings is 1. The van der Waals surface area contributed by atoms with Crippen LogP contribution in [-0.4, -0.2) is 28.1 Å². The molecule has 0 saturated carbocycles. The number of carbonyl (C=O) groups is 1. The highest BCUT2D eigenvalue weighted by molar-refractivity contribution is 9.07. The summed E-state index contributed by atoms with van der Waals surface area (Å²) in [6.45, 7) is 2.61. The predicted molar refractivity (Wildman–Crippen MR) is 72.1 cm³/mol. The van der Waals surface area contributed by atoms with Crippen molar-refractivity contribution in [1.82, 2.24) is 9.02 Å². The lowest BCUT2D eigenvalue weighted by Crippen LogP contribution is -2.34. The van der Waals surface area contributed by atoms with Gasteiger partial charge in [-0.1, -0.05) is 11.6 Å². The van der Waals surface area contributed by atoms with E-state index >= 15 is 0 Å². The molecule has 0 aromatic carbocycles. The van der Waals surface area contributed by atoms with Crippen molar-refractivity contribution in [3.8, 4) is 0 Å². The van der Waals surface area contributed by atoms with Crippen LogP contribution in [0.5, 0.6) is 0 Å². The number of aromatic nitrogens is 1. The minimum atomic E-state index is -0.402. The van der Waals surface area contributed by atoms with Gasteiger partial charge in [-0.3, -0.25) is 0 Å². The Balaban J connectivity index is 2.33. The van der Waals surface area contributed by atoms with Gasteiger partial charge in [-0.05, 0) is 25.1 Å². The van der Waals surface area contributed by atoms with E-state index in [1.807, 2.05) is 0 Å². The average Bonchev–Trinajstić information content (AvgIpc) is 2.72. The van der Waals surface area contributed by atoms with Crippen LogP contribution in [0.4, 0.5) is 5.82 Å². The van der Waals surface area contributed by atoms with Crippen LogP contribution in [0, 0.1) is 0 Å². The van der Waals surface area contributed by atoms with E-state index in [9.17, 15) is 4.79 Å². The van der Waals surface area contributed by atoms with E-state index in [0.29, 0.717) is 29.7 Å². The maximum Gasteiger partial charge on any atom is 0.356 e. The number of esters is 1. The lowest BCUT2D eigenvalue weighted by molar-refractivity contribution is -0.138. The van der Waals surface area contributed by atoms with E-state index in [2.05, 4.69) is 21.1 Å². The number of hydrogen-bond acceptors (Lipinski definition) is 5. The topological polar surface area (TPSA) is 45.7 Å². The van der Waals surface area contributed by atoms with Crippen LogP contribution in [0.3, 0.4) is 0 Å². The van der Waals surface area contributed by atoms with Crippen LogP contribution in [0.25, 0.3) is 0 Å². The number of halogens is 2. The van der Waals surface area contributed by atoms with Crippen molar-refractivity contribution in [2.45, 2.75) is 6.92 Å². The zero-order valence-corrected chi connectivity index (χ0v) is 12.0. The van der Waals surface area contributed by atoms with Gasteiger partial charge in [0.25, 0.3) is 0 Å². The van der Waals surface area contributed by atoms with Gasteiger partial charge >= 0.3 is 5.97 Å². The quantitative estimate of drug-likeness (QED) is 0.629. The molecule has 0 N–H and O–H groups in total. The van der Waals surface area contributed by atoms with Crippen molar-refractivity contribution >= 4 is 39.5 Å². The Morgan fingerprint density at radius 1 is 1.67 bits per heavy atom. The van der Waals surface area contributed by atoms with E-state index in [0.717, 1.165) is 0 Å². The third-order valence-corrected chi connectivity index (χ3v) is 3.21. The summed E-state index contributed by atoms with van der Waals surface area (Å²) in [5, 5.41) is 2.04. The summed E-state index contributed by atoms with van der Waals surface area (Å²) in [5.41, 5.74) is 0.398.